The van der Waals surface area contributed by atoms with Crippen LogP contribution < -0.4 is 14.8 Å². The van der Waals surface area contributed by atoms with E-state index < -0.39 is 12.2 Å². The van der Waals surface area contributed by atoms with Crippen molar-refractivity contribution < 1.29 is 23.4 Å². The summed E-state index contributed by atoms with van der Waals surface area (Å²) < 4.78 is 34.6. The quantitative estimate of drug-likeness (QED) is 0.776. The normalized spacial score (nSPS) is 13.6. The van der Waals surface area contributed by atoms with Crippen LogP contribution in [0.2, 0.25) is 0 Å². The Morgan fingerprint density at radius 2 is 1.88 bits per heavy atom. The Labute approximate surface area is 140 Å². The largest absolute Gasteiger partial charge is 0.497 e. The molecular weight excluding hydrogens is 316 g/mol. The van der Waals surface area contributed by atoms with Crippen molar-refractivity contribution in [1.29, 1.82) is 0 Å². The number of aliphatic hydroxyl groups is 1. The Morgan fingerprint density at radius 1 is 1.17 bits per heavy atom. The van der Waals surface area contributed by atoms with Gasteiger partial charge in [0.2, 0.25) is 0 Å². The highest BCUT2D eigenvalue weighted by Crippen LogP contribution is 2.26. The summed E-state index contributed by atoms with van der Waals surface area (Å²) in [7, 11) is 1.50. The molecule has 0 aromatic heterocycles. The first-order valence-electron chi connectivity index (χ1n) is 7.53. The number of alkyl halides is 2. The van der Waals surface area contributed by atoms with E-state index in [9.17, 15) is 13.9 Å². The van der Waals surface area contributed by atoms with Crippen molar-refractivity contribution in [3.8, 4) is 11.5 Å². The summed E-state index contributed by atoms with van der Waals surface area (Å²) in [6, 6.07) is 13.9. The lowest BCUT2D eigenvalue weighted by molar-refractivity contribution is -0.0506. The fraction of sp³-hybridized carbons (Fsp3) is 0.333. The molecule has 2 rings (SSSR count). The molecule has 1 atom stereocenters. The van der Waals surface area contributed by atoms with E-state index in [1.807, 2.05) is 30.3 Å². The minimum atomic E-state index is -2.90. The zero-order valence-electron chi connectivity index (χ0n) is 13.6. The zero-order chi connectivity index (χ0) is 17.6. The van der Waals surface area contributed by atoms with Gasteiger partial charge in [-0.05, 0) is 30.7 Å². The maximum atomic E-state index is 12.5. The van der Waals surface area contributed by atoms with E-state index in [-0.39, 0.29) is 18.8 Å². The van der Waals surface area contributed by atoms with Gasteiger partial charge < -0.3 is 19.9 Å². The molecule has 130 valence electrons. The van der Waals surface area contributed by atoms with E-state index in [2.05, 4.69) is 10.1 Å². The standard InChI is InChI=1S/C18H21F2NO3/c1-18(22,14-6-4-3-5-7-14)12-21-11-13-10-15(23-2)8-9-16(13)24-17(19)20/h3-10,17,21-22H,11-12H2,1-2H3. The molecule has 2 aromatic rings. The Kier molecular flexibility index (Phi) is 6.11. The first-order chi connectivity index (χ1) is 11.4. The van der Waals surface area contributed by atoms with Crippen LogP contribution in [0.1, 0.15) is 18.1 Å². The number of benzene rings is 2. The highest BCUT2D eigenvalue weighted by atomic mass is 19.3. The van der Waals surface area contributed by atoms with Crippen molar-refractivity contribution in [3.05, 3.63) is 59.7 Å². The third kappa shape index (κ3) is 4.91. The van der Waals surface area contributed by atoms with Crippen LogP contribution >= 0.6 is 0 Å². The van der Waals surface area contributed by atoms with Gasteiger partial charge in [0, 0.05) is 18.7 Å². The van der Waals surface area contributed by atoms with Crippen LogP contribution in [-0.2, 0) is 12.1 Å². The molecule has 0 aliphatic heterocycles. The van der Waals surface area contributed by atoms with Gasteiger partial charge in [-0.3, -0.25) is 0 Å². The van der Waals surface area contributed by atoms with Gasteiger partial charge in [-0.1, -0.05) is 30.3 Å². The smallest absolute Gasteiger partial charge is 0.387 e. The van der Waals surface area contributed by atoms with Crippen LogP contribution in [-0.4, -0.2) is 25.4 Å². The molecule has 2 N–H and O–H groups in total. The third-order valence-corrected chi connectivity index (χ3v) is 3.66. The van der Waals surface area contributed by atoms with Crippen LogP contribution in [0.5, 0.6) is 11.5 Å². The van der Waals surface area contributed by atoms with Gasteiger partial charge in [0.15, 0.2) is 0 Å². The van der Waals surface area contributed by atoms with Crippen LogP contribution in [0.15, 0.2) is 48.5 Å². The number of nitrogens with one attached hydrogen (secondary N) is 1. The van der Waals surface area contributed by atoms with Gasteiger partial charge >= 0.3 is 6.61 Å². The molecule has 0 saturated carbocycles. The van der Waals surface area contributed by atoms with E-state index in [0.29, 0.717) is 11.3 Å². The monoisotopic (exact) mass is 337 g/mol. The predicted octanol–water partition coefficient (Wildman–Crippen LogP) is 3.29. The fourth-order valence-electron chi connectivity index (χ4n) is 2.37. The lowest BCUT2D eigenvalue weighted by Gasteiger charge is -2.24. The first-order valence-corrected chi connectivity index (χ1v) is 7.53. The van der Waals surface area contributed by atoms with Crippen molar-refractivity contribution in [2.24, 2.45) is 0 Å². The Balaban J connectivity index is 2.05. The average Bonchev–Trinajstić information content (AvgIpc) is 2.56. The molecule has 0 fully saturated rings. The highest BCUT2D eigenvalue weighted by molar-refractivity contribution is 5.40. The minimum absolute atomic E-state index is 0.0812. The summed E-state index contributed by atoms with van der Waals surface area (Å²) in [4.78, 5) is 0. The van der Waals surface area contributed by atoms with Gasteiger partial charge in [0.05, 0.1) is 12.7 Å². The minimum Gasteiger partial charge on any atom is -0.497 e. The summed E-state index contributed by atoms with van der Waals surface area (Å²) >= 11 is 0. The van der Waals surface area contributed by atoms with Gasteiger partial charge in [0.25, 0.3) is 0 Å². The van der Waals surface area contributed by atoms with E-state index >= 15 is 0 Å². The fourth-order valence-corrected chi connectivity index (χ4v) is 2.37. The molecule has 0 heterocycles. The average molecular weight is 337 g/mol. The first kappa shape index (κ1) is 18.2. The number of hydrogen-bond acceptors (Lipinski definition) is 4. The SMILES string of the molecule is COc1ccc(OC(F)F)c(CNCC(C)(O)c2ccccc2)c1. The lowest BCUT2D eigenvalue weighted by Crippen LogP contribution is -2.35. The molecule has 4 nitrogen and oxygen atoms in total. The highest BCUT2D eigenvalue weighted by Gasteiger charge is 2.22. The van der Waals surface area contributed by atoms with Crippen LogP contribution in [0.25, 0.3) is 0 Å². The second kappa shape index (κ2) is 8.08. The van der Waals surface area contributed by atoms with Gasteiger partial charge in [-0.2, -0.15) is 8.78 Å². The number of halogens is 2. The van der Waals surface area contributed by atoms with E-state index in [0.717, 1.165) is 5.56 Å². The van der Waals surface area contributed by atoms with Crippen LogP contribution in [0.4, 0.5) is 8.78 Å². The second-order valence-electron chi connectivity index (χ2n) is 5.60. The Morgan fingerprint density at radius 3 is 2.50 bits per heavy atom. The van der Waals surface area contributed by atoms with E-state index in [1.165, 1.54) is 13.2 Å². The number of hydrogen-bond donors (Lipinski definition) is 2. The Hall–Kier alpha value is -2.18. The lowest BCUT2D eigenvalue weighted by atomic mass is 9.96. The Bertz CT molecular complexity index is 648. The van der Waals surface area contributed by atoms with Crippen molar-refractivity contribution in [3.63, 3.8) is 0 Å². The molecule has 0 saturated heterocycles. The predicted molar refractivity (Wildman–Crippen MR) is 87.3 cm³/mol. The van der Waals surface area contributed by atoms with Crippen LogP contribution in [0, 0.1) is 0 Å². The molecule has 2 aromatic carbocycles. The maximum absolute atomic E-state index is 12.5. The van der Waals surface area contributed by atoms with E-state index in [4.69, 9.17) is 4.74 Å². The van der Waals surface area contributed by atoms with Crippen molar-refractivity contribution in [2.45, 2.75) is 25.7 Å². The summed E-state index contributed by atoms with van der Waals surface area (Å²) in [5.74, 6) is 0.626. The van der Waals surface area contributed by atoms with Crippen molar-refractivity contribution in [1.82, 2.24) is 5.32 Å². The number of rotatable bonds is 8. The van der Waals surface area contributed by atoms with Crippen LogP contribution in [0.3, 0.4) is 0 Å². The molecule has 0 radical (unpaired) electrons. The third-order valence-electron chi connectivity index (χ3n) is 3.66. The van der Waals surface area contributed by atoms with Gasteiger partial charge in [-0.25, -0.2) is 0 Å². The van der Waals surface area contributed by atoms with Gasteiger partial charge in [0.1, 0.15) is 11.5 Å². The van der Waals surface area contributed by atoms with Crippen molar-refractivity contribution >= 4 is 0 Å². The summed E-state index contributed by atoms with van der Waals surface area (Å²) in [6.07, 6.45) is 0. The molecule has 0 aliphatic rings. The molecule has 1 unspecified atom stereocenters. The number of ether oxygens (including phenoxy) is 2. The second-order valence-corrected chi connectivity index (χ2v) is 5.60. The zero-order valence-corrected chi connectivity index (χ0v) is 13.6. The van der Waals surface area contributed by atoms with E-state index in [1.54, 1.807) is 19.1 Å². The summed E-state index contributed by atoms with van der Waals surface area (Å²) in [5.41, 5.74) is 0.217. The maximum Gasteiger partial charge on any atom is 0.387 e. The molecule has 0 bridgehead atoms. The molecule has 24 heavy (non-hydrogen) atoms. The molecule has 0 spiro atoms. The number of methoxy groups -OCH3 is 1. The van der Waals surface area contributed by atoms with Crippen molar-refractivity contribution in [2.75, 3.05) is 13.7 Å². The topological polar surface area (TPSA) is 50.7 Å². The summed E-state index contributed by atoms with van der Waals surface area (Å²) in [6.45, 7) is -0.702. The van der Waals surface area contributed by atoms with Gasteiger partial charge in [-0.15, -0.1) is 0 Å². The molecule has 6 heteroatoms. The molecular formula is C18H21F2NO3. The summed E-state index contributed by atoms with van der Waals surface area (Å²) in [5, 5.41) is 13.6. The molecule has 0 amide bonds. The molecule has 0 aliphatic carbocycles.